The Morgan fingerprint density at radius 2 is 2.36 bits per heavy atom. The molecule has 0 aromatic rings. The van der Waals surface area contributed by atoms with Crippen LogP contribution in [-0.4, -0.2) is 18.5 Å². The fraction of sp³-hybridized carbons (Fsp3) is 0.889. The average Bonchev–Trinajstić information content (AvgIpc) is 2.45. The van der Waals surface area contributed by atoms with Crippen LogP contribution in [0.1, 0.15) is 26.2 Å². The molecule has 0 aromatic heterocycles. The van der Waals surface area contributed by atoms with E-state index in [1.165, 1.54) is 0 Å². The molecule has 0 radical (unpaired) electrons. The van der Waals surface area contributed by atoms with Crippen LogP contribution in [0, 0.1) is 11.8 Å². The van der Waals surface area contributed by atoms with Gasteiger partial charge in [-0.1, -0.05) is 6.92 Å². The van der Waals surface area contributed by atoms with Gasteiger partial charge in [0.05, 0.1) is 12.7 Å². The van der Waals surface area contributed by atoms with E-state index in [0.29, 0.717) is 23.7 Å². The highest BCUT2D eigenvalue weighted by atomic mass is 16.5. The van der Waals surface area contributed by atoms with Crippen LogP contribution in [0.25, 0.3) is 0 Å². The molecule has 1 heterocycles. The van der Waals surface area contributed by atoms with Gasteiger partial charge in [0.2, 0.25) is 0 Å². The summed E-state index contributed by atoms with van der Waals surface area (Å²) in [5.41, 5.74) is 0. The summed E-state index contributed by atoms with van der Waals surface area (Å²) in [4.78, 5) is 11.1. The summed E-state index contributed by atoms with van der Waals surface area (Å²) in [5.74, 6) is 1.57. The lowest BCUT2D eigenvalue weighted by atomic mass is 9.93. The van der Waals surface area contributed by atoms with Crippen molar-refractivity contribution in [3.05, 3.63) is 0 Å². The van der Waals surface area contributed by atoms with Crippen LogP contribution >= 0.6 is 0 Å². The molecule has 0 bridgehead atoms. The van der Waals surface area contributed by atoms with E-state index in [4.69, 9.17) is 4.74 Å². The zero-order chi connectivity index (χ0) is 7.84. The molecule has 0 spiro atoms. The maximum absolute atomic E-state index is 11.1. The first-order valence-corrected chi connectivity index (χ1v) is 4.44. The first kappa shape index (κ1) is 7.29. The first-order chi connectivity index (χ1) is 5.31. The number of fused-ring (bicyclic) bond motifs is 1. The van der Waals surface area contributed by atoms with Gasteiger partial charge in [-0.2, -0.15) is 0 Å². The molecule has 0 aromatic carbocycles. The van der Waals surface area contributed by atoms with Crippen LogP contribution < -0.4 is 0 Å². The van der Waals surface area contributed by atoms with Gasteiger partial charge in [-0.05, 0) is 18.3 Å². The molecule has 0 unspecified atom stereocenters. The molecule has 1 aliphatic heterocycles. The molecule has 1 aliphatic carbocycles. The Balaban J connectivity index is 2.07. The molecule has 11 heavy (non-hydrogen) atoms. The third kappa shape index (κ3) is 1.09. The number of ketones is 1. The highest BCUT2D eigenvalue weighted by molar-refractivity contribution is 5.81. The van der Waals surface area contributed by atoms with Crippen molar-refractivity contribution in [3.8, 4) is 0 Å². The largest absolute Gasteiger partial charge is 0.378 e. The summed E-state index contributed by atoms with van der Waals surface area (Å²) in [5, 5.41) is 0. The Morgan fingerprint density at radius 3 is 3.09 bits per heavy atom. The van der Waals surface area contributed by atoms with E-state index in [1.54, 1.807) is 0 Å². The molecule has 3 atom stereocenters. The van der Waals surface area contributed by atoms with Gasteiger partial charge in [-0.3, -0.25) is 4.79 Å². The Labute approximate surface area is 66.9 Å². The molecule has 1 saturated carbocycles. The van der Waals surface area contributed by atoms with Crippen molar-refractivity contribution in [1.82, 2.24) is 0 Å². The van der Waals surface area contributed by atoms with Gasteiger partial charge in [0.25, 0.3) is 0 Å². The minimum Gasteiger partial charge on any atom is -0.378 e. The zero-order valence-electron chi connectivity index (χ0n) is 6.88. The van der Waals surface area contributed by atoms with Crippen LogP contribution in [0.3, 0.4) is 0 Å². The fourth-order valence-electron chi connectivity index (χ4n) is 2.37. The minimum atomic E-state index is 0.381. The van der Waals surface area contributed by atoms with Gasteiger partial charge in [0.15, 0.2) is 0 Å². The van der Waals surface area contributed by atoms with Crippen LogP contribution in [0.5, 0.6) is 0 Å². The SMILES string of the molecule is CC[C@H]1OC[C@@H]2CC(=O)C[C@@H]21. The van der Waals surface area contributed by atoms with Crippen LogP contribution in [0.15, 0.2) is 0 Å². The minimum absolute atomic E-state index is 0.381. The second-order valence-corrected chi connectivity index (χ2v) is 3.65. The quantitative estimate of drug-likeness (QED) is 0.570. The molecule has 2 nitrogen and oxygen atoms in total. The van der Waals surface area contributed by atoms with E-state index in [9.17, 15) is 4.79 Å². The number of hydrogen-bond donors (Lipinski definition) is 0. The third-order valence-electron chi connectivity index (χ3n) is 2.96. The average molecular weight is 154 g/mol. The van der Waals surface area contributed by atoms with Crippen molar-refractivity contribution < 1.29 is 9.53 Å². The number of ether oxygens (including phenoxy) is 1. The number of carbonyl (C=O) groups excluding carboxylic acids is 1. The highest BCUT2D eigenvalue weighted by Gasteiger charge is 2.42. The van der Waals surface area contributed by atoms with Crippen molar-refractivity contribution in [2.24, 2.45) is 11.8 Å². The van der Waals surface area contributed by atoms with Crippen molar-refractivity contribution in [2.75, 3.05) is 6.61 Å². The third-order valence-corrected chi connectivity index (χ3v) is 2.96. The number of Topliss-reactive ketones (excluding diaryl/α,β-unsaturated/α-hetero) is 1. The topological polar surface area (TPSA) is 26.3 Å². The summed E-state index contributed by atoms with van der Waals surface area (Å²) in [6, 6.07) is 0. The second kappa shape index (κ2) is 2.59. The smallest absolute Gasteiger partial charge is 0.133 e. The van der Waals surface area contributed by atoms with Crippen molar-refractivity contribution in [3.63, 3.8) is 0 Å². The van der Waals surface area contributed by atoms with Gasteiger partial charge < -0.3 is 4.74 Å². The first-order valence-electron chi connectivity index (χ1n) is 4.44. The lowest BCUT2D eigenvalue weighted by Crippen LogP contribution is -2.15. The zero-order valence-corrected chi connectivity index (χ0v) is 6.88. The maximum atomic E-state index is 11.1. The molecule has 2 fully saturated rings. The Hall–Kier alpha value is -0.370. The molecule has 0 amide bonds. The summed E-state index contributed by atoms with van der Waals surface area (Å²) in [6.07, 6.45) is 3.00. The van der Waals surface area contributed by atoms with Gasteiger partial charge in [0.1, 0.15) is 5.78 Å². The monoisotopic (exact) mass is 154 g/mol. The molecular weight excluding hydrogens is 140 g/mol. The van der Waals surface area contributed by atoms with E-state index in [-0.39, 0.29) is 0 Å². The Kier molecular flexibility index (Phi) is 1.72. The van der Waals surface area contributed by atoms with Gasteiger partial charge >= 0.3 is 0 Å². The van der Waals surface area contributed by atoms with E-state index in [1.807, 2.05) is 0 Å². The summed E-state index contributed by atoms with van der Waals surface area (Å²) >= 11 is 0. The van der Waals surface area contributed by atoms with E-state index in [2.05, 4.69) is 6.92 Å². The normalized spacial score (nSPS) is 43.0. The summed E-state index contributed by atoms with van der Waals surface area (Å²) in [7, 11) is 0. The van der Waals surface area contributed by atoms with Crippen molar-refractivity contribution in [1.29, 1.82) is 0 Å². The Bertz CT molecular complexity index is 176. The number of rotatable bonds is 1. The van der Waals surface area contributed by atoms with Crippen molar-refractivity contribution in [2.45, 2.75) is 32.3 Å². The number of carbonyl (C=O) groups is 1. The predicted octanol–water partition coefficient (Wildman–Crippen LogP) is 1.39. The highest BCUT2D eigenvalue weighted by Crippen LogP contribution is 2.39. The van der Waals surface area contributed by atoms with E-state index >= 15 is 0 Å². The molecule has 2 rings (SSSR count). The molecule has 1 saturated heterocycles. The lowest BCUT2D eigenvalue weighted by Gasteiger charge is -2.12. The Morgan fingerprint density at radius 1 is 1.55 bits per heavy atom. The lowest BCUT2D eigenvalue weighted by molar-refractivity contribution is -0.118. The van der Waals surface area contributed by atoms with Crippen LogP contribution in [-0.2, 0) is 9.53 Å². The van der Waals surface area contributed by atoms with Gasteiger partial charge in [-0.25, -0.2) is 0 Å². The standard InChI is InChI=1S/C9H14O2/c1-2-9-8-4-7(10)3-6(8)5-11-9/h6,8-9H,2-5H2,1H3/t6-,8-,9+/m0/s1. The summed E-state index contributed by atoms with van der Waals surface area (Å²) in [6.45, 7) is 2.96. The second-order valence-electron chi connectivity index (χ2n) is 3.65. The molecular formula is C9H14O2. The van der Waals surface area contributed by atoms with Gasteiger partial charge in [0, 0.05) is 12.8 Å². The molecule has 0 N–H and O–H groups in total. The van der Waals surface area contributed by atoms with Crippen LogP contribution in [0.4, 0.5) is 0 Å². The molecule has 62 valence electrons. The van der Waals surface area contributed by atoms with Gasteiger partial charge in [-0.15, -0.1) is 0 Å². The predicted molar refractivity (Wildman–Crippen MR) is 41.3 cm³/mol. The fourth-order valence-corrected chi connectivity index (χ4v) is 2.37. The molecule has 2 heteroatoms. The van der Waals surface area contributed by atoms with E-state index in [0.717, 1.165) is 25.9 Å². The van der Waals surface area contributed by atoms with Crippen LogP contribution in [0.2, 0.25) is 0 Å². The summed E-state index contributed by atoms with van der Waals surface area (Å²) < 4.78 is 5.57. The maximum Gasteiger partial charge on any atom is 0.133 e. The van der Waals surface area contributed by atoms with Crippen molar-refractivity contribution >= 4 is 5.78 Å². The number of hydrogen-bond acceptors (Lipinski definition) is 2. The van der Waals surface area contributed by atoms with E-state index < -0.39 is 0 Å². The molecule has 2 aliphatic rings.